The van der Waals surface area contributed by atoms with Crippen molar-refractivity contribution in [2.24, 2.45) is 0 Å². The van der Waals surface area contributed by atoms with Crippen molar-refractivity contribution < 1.29 is 5.11 Å². The summed E-state index contributed by atoms with van der Waals surface area (Å²) in [5.41, 5.74) is 0.800. The molecule has 0 spiro atoms. The van der Waals surface area contributed by atoms with E-state index in [1.54, 1.807) is 13.8 Å². The maximum atomic E-state index is 9.81. The summed E-state index contributed by atoms with van der Waals surface area (Å²) >= 11 is 6.01. The highest BCUT2D eigenvalue weighted by Crippen LogP contribution is 2.27. The number of H-pyrrole nitrogens is 1. The molecule has 1 heterocycles. The van der Waals surface area contributed by atoms with Crippen LogP contribution in [0.2, 0.25) is 5.02 Å². The van der Waals surface area contributed by atoms with Crippen molar-refractivity contribution in [1.82, 2.24) is 4.98 Å². The number of fused-ring (bicyclic) bond motifs is 1. The van der Waals surface area contributed by atoms with Gasteiger partial charge in [0.25, 0.3) is 0 Å². The van der Waals surface area contributed by atoms with Crippen LogP contribution in [0.1, 0.15) is 19.5 Å². The summed E-state index contributed by atoms with van der Waals surface area (Å²) in [6.07, 6.45) is 0. The molecule has 74 valence electrons. The standard InChI is InChI=1S/C11H12ClNO/c1-11(2,14)9-6-7-4-3-5-8(12)10(7)13-9/h3-6,13-14H,1-2H3. The molecule has 2 aromatic rings. The summed E-state index contributed by atoms with van der Waals surface area (Å²) < 4.78 is 0. The van der Waals surface area contributed by atoms with Gasteiger partial charge >= 0.3 is 0 Å². The minimum atomic E-state index is -0.859. The molecule has 0 aliphatic heterocycles. The van der Waals surface area contributed by atoms with E-state index in [0.717, 1.165) is 16.6 Å². The topological polar surface area (TPSA) is 36.0 Å². The molecule has 2 N–H and O–H groups in total. The van der Waals surface area contributed by atoms with Crippen LogP contribution in [0.4, 0.5) is 0 Å². The molecule has 1 aromatic heterocycles. The second kappa shape index (κ2) is 3.01. The van der Waals surface area contributed by atoms with Gasteiger partial charge in [0.05, 0.1) is 16.1 Å². The fourth-order valence-corrected chi connectivity index (χ4v) is 1.68. The number of aromatic nitrogens is 1. The number of halogens is 1. The van der Waals surface area contributed by atoms with Gasteiger partial charge < -0.3 is 10.1 Å². The second-order valence-corrected chi connectivity index (χ2v) is 4.35. The smallest absolute Gasteiger partial charge is 0.0987 e. The molecule has 0 saturated carbocycles. The van der Waals surface area contributed by atoms with Crippen molar-refractivity contribution in [1.29, 1.82) is 0 Å². The Hall–Kier alpha value is -0.990. The van der Waals surface area contributed by atoms with Gasteiger partial charge in [-0.25, -0.2) is 0 Å². The Morgan fingerprint density at radius 3 is 2.64 bits per heavy atom. The number of hydrogen-bond donors (Lipinski definition) is 2. The van der Waals surface area contributed by atoms with Gasteiger partial charge in [-0.05, 0) is 26.0 Å². The van der Waals surface area contributed by atoms with E-state index in [4.69, 9.17) is 11.6 Å². The largest absolute Gasteiger partial charge is 0.384 e. The van der Waals surface area contributed by atoms with Crippen LogP contribution in [-0.2, 0) is 5.60 Å². The second-order valence-electron chi connectivity index (χ2n) is 3.95. The first kappa shape index (κ1) is 9.56. The quantitative estimate of drug-likeness (QED) is 0.744. The van der Waals surface area contributed by atoms with Gasteiger partial charge in [0.15, 0.2) is 0 Å². The fraction of sp³-hybridized carbons (Fsp3) is 0.273. The number of rotatable bonds is 1. The number of hydrogen-bond acceptors (Lipinski definition) is 1. The van der Waals surface area contributed by atoms with Gasteiger partial charge in [-0.1, -0.05) is 23.7 Å². The molecule has 2 rings (SSSR count). The number of nitrogens with one attached hydrogen (secondary N) is 1. The minimum absolute atomic E-state index is 0.679. The lowest BCUT2D eigenvalue weighted by molar-refractivity contribution is 0.0747. The number of aromatic amines is 1. The van der Waals surface area contributed by atoms with Crippen LogP contribution in [0, 0.1) is 0 Å². The maximum Gasteiger partial charge on any atom is 0.0987 e. The van der Waals surface area contributed by atoms with E-state index in [9.17, 15) is 5.11 Å². The lowest BCUT2D eigenvalue weighted by atomic mass is 10.1. The number of aliphatic hydroxyl groups is 1. The minimum Gasteiger partial charge on any atom is -0.384 e. The Morgan fingerprint density at radius 1 is 1.36 bits per heavy atom. The van der Waals surface area contributed by atoms with E-state index >= 15 is 0 Å². The lowest BCUT2D eigenvalue weighted by Gasteiger charge is -2.14. The van der Waals surface area contributed by atoms with Gasteiger partial charge in [0, 0.05) is 11.1 Å². The maximum absolute atomic E-state index is 9.81. The first-order valence-electron chi connectivity index (χ1n) is 4.48. The number of benzene rings is 1. The van der Waals surface area contributed by atoms with Crippen LogP contribution < -0.4 is 0 Å². The Bertz CT molecular complexity index is 468. The molecule has 2 nitrogen and oxygen atoms in total. The summed E-state index contributed by atoms with van der Waals surface area (Å²) in [6, 6.07) is 7.61. The molecule has 0 saturated heterocycles. The van der Waals surface area contributed by atoms with E-state index in [-0.39, 0.29) is 0 Å². The van der Waals surface area contributed by atoms with E-state index < -0.39 is 5.60 Å². The zero-order chi connectivity index (χ0) is 10.3. The summed E-state index contributed by atoms with van der Waals surface area (Å²) in [6.45, 7) is 3.48. The molecule has 3 heteroatoms. The van der Waals surface area contributed by atoms with Crippen LogP contribution in [0.5, 0.6) is 0 Å². The van der Waals surface area contributed by atoms with E-state index in [1.165, 1.54) is 0 Å². The molecular formula is C11H12ClNO. The zero-order valence-electron chi connectivity index (χ0n) is 8.13. The zero-order valence-corrected chi connectivity index (χ0v) is 8.89. The highest BCUT2D eigenvalue weighted by atomic mass is 35.5. The summed E-state index contributed by atoms with van der Waals surface area (Å²) in [7, 11) is 0. The predicted molar refractivity (Wildman–Crippen MR) is 58.6 cm³/mol. The van der Waals surface area contributed by atoms with Crippen LogP contribution >= 0.6 is 11.6 Å². The van der Waals surface area contributed by atoms with Crippen LogP contribution in [0.25, 0.3) is 10.9 Å². The molecule has 0 amide bonds. The summed E-state index contributed by atoms with van der Waals surface area (Å²) in [4.78, 5) is 3.12. The summed E-state index contributed by atoms with van der Waals surface area (Å²) in [5, 5.41) is 11.5. The Morgan fingerprint density at radius 2 is 2.07 bits per heavy atom. The van der Waals surface area contributed by atoms with Gasteiger partial charge in [-0.3, -0.25) is 0 Å². The molecule has 0 atom stereocenters. The third-order valence-corrected chi connectivity index (χ3v) is 2.58. The average molecular weight is 210 g/mol. The highest BCUT2D eigenvalue weighted by molar-refractivity contribution is 6.35. The molecule has 0 aliphatic rings. The Labute approximate surface area is 87.5 Å². The SMILES string of the molecule is CC(C)(O)c1cc2cccc(Cl)c2[nH]1. The van der Waals surface area contributed by atoms with Gasteiger partial charge in [-0.2, -0.15) is 0 Å². The van der Waals surface area contributed by atoms with E-state index in [2.05, 4.69) is 4.98 Å². The molecule has 0 bridgehead atoms. The molecule has 0 fully saturated rings. The Kier molecular flexibility index (Phi) is 2.05. The van der Waals surface area contributed by atoms with Crippen molar-refractivity contribution in [3.8, 4) is 0 Å². The molecule has 1 aromatic carbocycles. The molecule has 0 unspecified atom stereocenters. The van der Waals surface area contributed by atoms with Crippen LogP contribution in [0.15, 0.2) is 24.3 Å². The summed E-state index contributed by atoms with van der Waals surface area (Å²) in [5.74, 6) is 0. The average Bonchev–Trinajstić information content (AvgIpc) is 2.48. The van der Waals surface area contributed by atoms with Gasteiger partial charge in [-0.15, -0.1) is 0 Å². The molecule has 0 aliphatic carbocycles. The normalized spacial score (nSPS) is 12.3. The first-order chi connectivity index (χ1) is 6.48. The lowest BCUT2D eigenvalue weighted by Crippen LogP contribution is -2.15. The molecular weight excluding hydrogens is 198 g/mol. The van der Waals surface area contributed by atoms with Crippen molar-refractivity contribution in [2.75, 3.05) is 0 Å². The molecule has 0 radical (unpaired) electrons. The van der Waals surface area contributed by atoms with Crippen LogP contribution in [-0.4, -0.2) is 10.1 Å². The third kappa shape index (κ3) is 1.51. The highest BCUT2D eigenvalue weighted by Gasteiger charge is 2.18. The first-order valence-corrected chi connectivity index (χ1v) is 4.86. The van der Waals surface area contributed by atoms with Gasteiger partial charge in [0.1, 0.15) is 0 Å². The number of para-hydroxylation sites is 1. The van der Waals surface area contributed by atoms with E-state index in [0.29, 0.717) is 5.02 Å². The van der Waals surface area contributed by atoms with Crippen molar-refractivity contribution in [3.05, 3.63) is 35.0 Å². The van der Waals surface area contributed by atoms with Crippen molar-refractivity contribution in [3.63, 3.8) is 0 Å². The van der Waals surface area contributed by atoms with Crippen LogP contribution in [0.3, 0.4) is 0 Å². The van der Waals surface area contributed by atoms with Gasteiger partial charge in [0.2, 0.25) is 0 Å². The Balaban J connectivity index is 2.69. The molecule has 14 heavy (non-hydrogen) atoms. The predicted octanol–water partition coefficient (Wildman–Crippen LogP) is 3.05. The van der Waals surface area contributed by atoms with Crippen molar-refractivity contribution in [2.45, 2.75) is 19.4 Å². The fourth-order valence-electron chi connectivity index (χ4n) is 1.45. The monoisotopic (exact) mass is 209 g/mol. The van der Waals surface area contributed by atoms with E-state index in [1.807, 2.05) is 24.3 Å². The van der Waals surface area contributed by atoms with Crippen molar-refractivity contribution >= 4 is 22.5 Å². The third-order valence-electron chi connectivity index (χ3n) is 2.26.